The zero-order valence-electron chi connectivity index (χ0n) is 15.4. The van der Waals surface area contributed by atoms with E-state index in [-0.39, 0.29) is 23.8 Å². The van der Waals surface area contributed by atoms with E-state index in [1.807, 2.05) is 19.1 Å². The first kappa shape index (κ1) is 19.3. The number of nitrogens with zero attached hydrogens (tertiary/aromatic N) is 1. The van der Waals surface area contributed by atoms with Gasteiger partial charge in [-0.25, -0.2) is 8.42 Å². The molecule has 1 aliphatic carbocycles. The molecule has 2 fully saturated rings. The van der Waals surface area contributed by atoms with Crippen molar-refractivity contribution in [2.75, 3.05) is 19.6 Å². The minimum Gasteiger partial charge on any atom is -0.353 e. The van der Waals surface area contributed by atoms with Crippen LogP contribution in [0.2, 0.25) is 0 Å². The second-order valence-electron chi connectivity index (χ2n) is 7.53. The molecule has 0 bridgehead atoms. The molecule has 0 aromatic heterocycles. The number of carbonyl (C=O) groups excluding carboxylic acids is 1. The van der Waals surface area contributed by atoms with Crippen LogP contribution >= 0.6 is 0 Å². The number of benzene rings is 1. The second kappa shape index (κ2) is 8.06. The summed E-state index contributed by atoms with van der Waals surface area (Å²) in [5, 5.41) is 3.13. The molecule has 144 valence electrons. The standard InChI is InChI=1S/C19H29N3O3S/c1-14-5-7-17(8-6-14)26(24,25)22-11-9-16(10-12-22)21-19(23)18-4-2-3-15(18)13-20/h5-8,15-16,18H,2-4,9-13,20H2,1H3,(H,21,23)/t15-,18-/m1/s1. The van der Waals surface area contributed by atoms with Crippen molar-refractivity contribution < 1.29 is 13.2 Å². The summed E-state index contributed by atoms with van der Waals surface area (Å²) in [7, 11) is -3.45. The lowest BCUT2D eigenvalue weighted by molar-refractivity contribution is -0.126. The van der Waals surface area contributed by atoms with Crippen molar-refractivity contribution >= 4 is 15.9 Å². The quantitative estimate of drug-likeness (QED) is 0.813. The predicted octanol–water partition coefficient (Wildman–Crippen LogP) is 1.64. The Morgan fingerprint density at radius 2 is 1.81 bits per heavy atom. The first-order valence-electron chi connectivity index (χ1n) is 9.49. The first-order chi connectivity index (χ1) is 12.4. The van der Waals surface area contributed by atoms with Gasteiger partial charge in [-0.05, 0) is 57.2 Å². The number of piperidine rings is 1. The maximum absolute atomic E-state index is 12.7. The van der Waals surface area contributed by atoms with E-state index in [0.29, 0.717) is 37.4 Å². The van der Waals surface area contributed by atoms with E-state index in [4.69, 9.17) is 5.73 Å². The third-order valence-corrected chi connectivity index (χ3v) is 7.67. The Hall–Kier alpha value is -1.44. The Morgan fingerprint density at radius 3 is 2.42 bits per heavy atom. The number of hydrogen-bond donors (Lipinski definition) is 2. The molecule has 6 nitrogen and oxygen atoms in total. The van der Waals surface area contributed by atoms with Gasteiger partial charge in [0.1, 0.15) is 0 Å². The van der Waals surface area contributed by atoms with E-state index in [9.17, 15) is 13.2 Å². The van der Waals surface area contributed by atoms with E-state index >= 15 is 0 Å². The summed E-state index contributed by atoms with van der Waals surface area (Å²) in [5.74, 6) is 0.407. The molecule has 26 heavy (non-hydrogen) atoms. The van der Waals surface area contributed by atoms with Crippen molar-refractivity contribution in [1.82, 2.24) is 9.62 Å². The molecule has 0 spiro atoms. The number of carbonyl (C=O) groups is 1. The number of hydrogen-bond acceptors (Lipinski definition) is 4. The molecule has 0 unspecified atom stereocenters. The maximum atomic E-state index is 12.7. The molecular weight excluding hydrogens is 350 g/mol. The highest BCUT2D eigenvalue weighted by Gasteiger charge is 2.34. The van der Waals surface area contributed by atoms with Crippen LogP contribution in [0.5, 0.6) is 0 Å². The van der Waals surface area contributed by atoms with Crippen molar-refractivity contribution in [2.24, 2.45) is 17.6 Å². The van der Waals surface area contributed by atoms with Crippen molar-refractivity contribution in [3.63, 3.8) is 0 Å². The highest BCUT2D eigenvalue weighted by Crippen LogP contribution is 2.31. The van der Waals surface area contributed by atoms with Gasteiger partial charge in [-0.15, -0.1) is 0 Å². The lowest BCUT2D eigenvalue weighted by atomic mass is 9.94. The molecule has 1 aliphatic heterocycles. The van der Waals surface area contributed by atoms with Crippen molar-refractivity contribution in [1.29, 1.82) is 0 Å². The topological polar surface area (TPSA) is 92.5 Å². The zero-order chi connectivity index (χ0) is 18.7. The highest BCUT2D eigenvalue weighted by atomic mass is 32.2. The summed E-state index contributed by atoms with van der Waals surface area (Å²) in [5.41, 5.74) is 6.81. The Bertz CT molecular complexity index is 725. The zero-order valence-corrected chi connectivity index (χ0v) is 16.2. The monoisotopic (exact) mass is 379 g/mol. The fourth-order valence-corrected chi connectivity index (χ4v) is 5.54. The van der Waals surface area contributed by atoms with Gasteiger partial charge in [0.05, 0.1) is 4.90 Å². The van der Waals surface area contributed by atoms with Gasteiger partial charge in [0.2, 0.25) is 15.9 Å². The van der Waals surface area contributed by atoms with Crippen LogP contribution in [0.15, 0.2) is 29.2 Å². The third kappa shape index (κ3) is 4.10. The molecule has 7 heteroatoms. The van der Waals surface area contributed by atoms with Crippen LogP contribution in [-0.4, -0.2) is 44.3 Å². The molecule has 1 heterocycles. The number of aryl methyl sites for hydroxylation is 1. The molecule has 1 saturated carbocycles. The van der Waals surface area contributed by atoms with Gasteiger partial charge in [-0.3, -0.25) is 4.79 Å². The number of nitrogens with two attached hydrogens (primary N) is 1. The van der Waals surface area contributed by atoms with Gasteiger partial charge in [-0.2, -0.15) is 4.31 Å². The van der Waals surface area contributed by atoms with Crippen LogP contribution in [0, 0.1) is 18.8 Å². The van der Waals surface area contributed by atoms with E-state index in [1.54, 1.807) is 12.1 Å². The molecule has 3 N–H and O–H groups in total. The minimum atomic E-state index is -3.45. The fourth-order valence-electron chi connectivity index (χ4n) is 4.07. The summed E-state index contributed by atoms with van der Waals surface area (Å²) in [4.78, 5) is 12.9. The van der Waals surface area contributed by atoms with E-state index in [2.05, 4.69) is 5.32 Å². The van der Waals surface area contributed by atoms with Gasteiger partial charge in [0.15, 0.2) is 0 Å². The molecule has 2 aliphatic rings. The molecule has 1 amide bonds. The molecule has 1 aromatic rings. The number of amides is 1. The third-order valence-electron chi connectivity index (χ3n) is 5.76. The van der Waals surface area contributed by atoms with Crippen LogP contribution in [0.4, 0.5) is 0 Å². The lowest BCUT2D eigenvalue weighted by Crippen LogP contribution is -2.48. The summed E-state index contributed by atoms with van der Waals surface area (Å²) in [6.07, 6.45) is 4.30. The van der Waals surface area contributed by atoms with E-state index in [1.165, 1.54) is 4.31 Å². The fraction of sp³-hybridized carbons (Fsp3) is 0.632. The average molecular weight is 380 g/mol. The van der Waals surface area contributed by atoms with Gasteiger partial charge >= 0.3 is 0 Å². The van der Waals surface area contributed by atoms with Crippen molar-refractivity contribution in [3.05, 3.63) is 29.8 Å². The molecule has 1 aromatic carbocycles. The summed E-state index contributed by atoms with van der Waals surface area (Å²) >= 11 is 0. The first-order valence-corrected chi connectivity index (χ1v) is 10.9. The molecule has 1 saturated heterocycles. The Labute approximate surface area is 156 Å². The normalized spacial score (nSPS) is 25.3. The molecule has 3 rings (SSSR count). The highest BCUT2D eigenvalue weighted by molar-refractivity contribution is 7.89. The van der Waals surface area contributed by atoms with Crippen LogP contribution in [0.25, 0.3) is 0 Å². The van der Waals surface area contributed by atoms with Crippen molar-refractivity contribution in [2.45, 2.75) is 50.0 Å². The maximum Gasteiger partial charge on any atom is 0.243 e. The molecule has 0 radical (unpaired) electrons. The Morgan fingerprint density at radius 1 is 1.15 bits per heavy atom. The minimum absolute atomic E-state index is 0.0225. The summed E-state index contributed by atoms with van der Waals surface area (Å²) in [6.45, 7) is 3.37. The van der Waals surface area contributed by atoms with Crippen LogP contribution in [-0.2, 0) is 14.8 Å². The van der Waals surface area contributed by atoms with Gasteiger partial charge in [-0.1, -0.05) is 24.1 Å². The van der Waals surface area contributed by atoms with Crippen LogP contribution < -0.4 is 11.1 Å². The van der Waals surface area contributed by atoms with E-state index < -0.39 is 10.0 Å². The SMILES string of the molecule is Cc1ccc(S(=O)(=O)N2CCC(NC(=O)[C@@H]3CCC[C@@H]3CN)CC2)cc1. The number of nitrogens with one attached hydrogen (secondary N) is 1. The van der Waals surface area contributed by atoms with Crippen LogP contribution in [0.3, 0.4) is 0 Å². The Kier molecular flexibility index (Phi) is 5.99. The van der Waals surface area contributed by atoms with Crippen molar-refractivity contribution in [3.8, 4) is 0 Å². The van der Waals surface area contributed by atoms with E-state index in [0.717, 1.165) is 24.8 Å². The van der Waals surface area contributed by atoms with Crippen LogP contribution in [0.1, 0.15) is 37.7 Å². The molecule has 2 atom stereocenters. The Balaban J connectivity index is 1.55. The average Bonchev–Trinajstić information content (AvgIpc) is 3.11. The van der Waals surface area contributed by atoms with Gasteiger partial charge in [0, 0.05) is 25.0 Å². The predicted molar refractivity (Wildman–Crippen MR) is 101 cm³/mol. The number of sulfonamides is 1. The second-order valence-corrected chi connectivity index (χ2v) is 9.47. The largest absolute Gasteiger partial charge is 0.353 e. The van der Waals surface area contributed by atoms with Gasteiger partial charge in [0.25, 0.3) is 0 Å². The smallest absolute Gasteiger partial charge is 0.243 e. The molecular formula is C19H29N3O3S. The summed E-state index contributed by atoms with van der Waals surface area (Å²) in [6, 6.07) is 6.99. The van der Waals surface area contributed by atoms with Gasteiger partial charge < -0.3 is 11.1 Å². The lowest BCUT2D eigenvalue weighted by Gasteiger charge is -2.32. The number of rotatable bonds is 5. The summed E-state index contributed by atoms with van der Waals surface area (Å²) < 4.78 is 27.0.